The first-order chi connectivity index (χ1) is 17.6. The highest BCUT2D eigenvalue weighted by molar-refractivity contribution is 6.36. The molecule has 186 valence electrons. The van der Waals surface area contributed by atoms with Gasteiger partial charge in [0.15, 0.2) is 0 Å². The van der Waals surface area contributed by atoms with Gasteiger partial charge in [0.1, 0.15) is 6.07 Å². The van der Waals surface area contributed by atoms with Gasteiger partial charge in [-0.15, -0.1) is 5.53 Å². The fourth-order valence-corrected chi connectivity index (χ4v) is 4.42. The molecule has 1 aliphatic carbocycles. The summed E-state index contributed by atoms with van der Waals surface area (Å²) >= 11 is 12.9. The van der Waals surface area contributed by atoms with E-state index in [4.69, 9.17) is 23.2 Å². The van der Waals surface area contributed by atoms with Crippen molar-refractivity contribution in [2.24, 2.45) is 5.41 Å². The van der Waals surface area contributed by atoms with Crippen LogP contribution in [0.4, 0.5) is 11.4 Å². The second kappa shape index (κ2) is 9.70. The molecule has 4 N–H and O–H groups in total. The summed E-state index contributed by atoms with van der Waals surface area (Å²) in [4.78, 5) is 4.45. The predicted molar refractivity (Wildman–Crippen MR) is 146 cm³/mol. The standard InChI is InChI=1S/C27H29Cl2N7/c1-27(2,3)15-32-24-17(12-30)13-31-26-21(24)10-19(11-22(26)29)33-25(16-4-6-18(28)7-5-16)23-14-36(35-34-23)20-8-9-20/h4-7,10-11,13-14,20,25,33-35H,8-9,15H2,1-3H3,(H,31,32)/i25D. The molecule has 1 saturated carbocycles. The Bertz CT molecular complexity index is 1410. The van der Waals surface area contributed by atoms with Gasteiger partial charge in [-0.3, -0.25) is 9.99 Å². The molecule has 1 aromatic heterocycles. The summed E-state index contributed by atoms with van der Waals surface area (Å²) in [6.45, 7) is 7.02. The van der Waals surface area contributed by atoms with Gasteiger partial charge in [-0.2, -0.15) is 5.26 Å². The molecule has 0 radical (unpaired) electrons. The van der Waals surface area contributed by atoms with E-state index in [1.54, 1.807) is 24.4 Å². The van der Waals surface area contributed by atoms with Crippen LogP contribution in [0.2, 0.25) is 10.0 Å². The van der Waals surface area contributed by atoms with Crippen LogP contribution in [0.15, 0.2) is 54.5 Å². The Labute approximate surface area is 222 Å². The number of nitriles is 1. The number of benzene rings is 2. The Kier molecular flexibility index (Phi) is 6.26. The van der Waals surface area contributed by atoms with E-state index in [1.165, 1.54) is 0 Å². The summed E-state index contributed by atoms with van der Waals surface area (Å²) < 4.78 is 9.61. The summed E-state index contributed by atoms with van der Waals surface area (Å²) in [6.07, 6.45) is 5.69. The van der Waals surface area contributed by atoms with Crippen LogP contribution in [0, 0.1) is 16.7 Å². The molecule has 2 heterocycles. The van der Waals surface area contributed by atoms with Crippen molar-refractivity contribution in [1.82, 2.24) is 21.0 Å². The van der Waals surface area contributed by atoms with Gasteiger partial charge in [-0.05, 0) is 48.1 Å². The molecule has 0 saturated heterocycles. The number of aromatic nitrogens is 1. The van der Waals surface area contributed by atoms with E-state index < -0.39 is 6.02 Å². The highest BCUT2D eigenvalue weighted by atomic mass is 35.5. The fourth-order valence-electron chi connectivity index (χ4n) is 4.02. The highest BCUT2D eigenvalue weighted by Gasteiger charge is 2.32. The van der Waals surface area contributed by atoms with Gasteiger partial charge in [-0.25, -0.2) is 0 Å². The minimum atomic E-state index is -1.39. The SMILES string of the molecule is [2H]C(Nc1cc(Cl)c2ncc(C#N)c(NCC(C)(C)C)c2c1)(C1=CN(C2CC2)NN1)c1ccc(Cl)cc1. The molecule has 0 bridgehead atoms. The van der Waals surface area contributed by atoms with E-state index in [9.17, 15) is 6.63 Å². The van der Waals surface area contributed by atoms with Crippen LogP contribution in [0.3, 0.4) is 0 Å². The maximum atomic E-state index is 9.77. The number of hydrogen-bond donors (Lipinski definition) is 4. The third-order valence-corrected chi connectivity index (χ3v) is 6.58. The lowest BCUT2D eigenvalue weighted by Crippen LogP contribution is -2.38. The second-order valence-corrected chi connectivity index (χ2v) is 11.2. The maximum absolute atomic E-state index is 9.77. The van der Waals surface area contributed by atoms with Gasteiger partial charge in [0.05, 0.1) is 34.9 Å². The van der Waals surface area contributed by atoms with Crippen LogP contribution < -0.4 is 21.6 Å². The van der Waals surface area contributed by atoms with Crippen LogP contribution in [0.1, 0.15) is 52.1 Å². The molecule has 2 aromatic carbocycles. The Balaban J connectivity index is 1.60. The van der Waals surface area contributed by atoms with E-state index in [0.29, 0.717) is 61.7 Å². The zero-order chi connectivity index (χ0) is 26.4. The number of nitrogens with zero attached hydrogens (tertiary/aromatic N) is 3. The topological polar surface area (TPSA) is 88.0 Å². The fraction of sp³-hybridized carbons (Fsp3) is 0.333. The molecule has 0 spiro atoms. The summed E-state index contributed by atoms with van der Waals surface area (Å²) in [5.41, 5.74) is 9.97. The Hall–Kier alpha value is -3.18. The molecule has 1 aliphatic heterocycles. The van der Waals surface area contributed by atoms with Gasteiger partial charge in [0.2, 0.25) is 0 Å². The largest absolute Gasteiger partial charge is 0.383 e. The molecular formula is C27H29Cl2N7. The van der Waals surface area contributed by atoms with E-state index in [-0.39, 0.29) is 5.41 Å². The number of fused-ring (bicyclic) bond motifs is 1. The lowest BCUT2D eigenvalue weighted by atomic mass is 9.96. The summed E-state index contributed by atoms with van der Waals surface area (Å²) in [5, 5.41) is 20.3. The molecule has 1 atom stereocenters. The third-order valence-electron chi connectivity index (χ3n) is 6.04. The normalized spacial score (nSPS) is 17.6. The maximum Gasteiger partial charge on any atom is 0.103 e. The molecule has 1 unspecified atom stereocenters. The molecule has 3 aromatic rings. The van der Waals surface area contributed by atoms with Crippen molar-refractivity contribution in [1.29, 1.82) is 5.26 Å². The molecular weight excluding hydrogens is 493 g/mol. The Morgan fingerprint density at radius 2 is 2.00 bits per heavy atom. The van der Waals surface area contributed by atoms with Crippen LogP contribution in [0.25, 0.3) is 10.9 Å². The minimum absolute atomic E-state index is 0.00601. The highest BCUT2D eigenvalue weighted by Crippen LogP contribution is 2.37. The average molecular weight is 523 g/mol. The van der Waals surface area contributed by atoms with Crippen LogP contribution in [0.5, 0.6) is 0 Å². The molecule has 36 heavy (non-hydrogen) atoms. The molecule has 9 heteroatoms. The van der Waals surface area contributed by atoms with Crippen molar-refractivity contribution in [3.63, 3.8) is 0 Å². The zero-order valence-electron chi connectivity index (χ0n) is 21.4. The molecule has 5 rings (SSSR count). The van der Waals surface area contributed by atoms with E-state index >= 15 is 0 Å². The number of nitrogens with one attached hydrogen (secondary N) is 4. The van der Waals surface area contributed by atoms with Gasteiger partial charge in [0, 0.05) is 41.1 Å². The zero-order valence-corrected chi connectivity index (χ0v) is 21.9. The number of hydrazine groups is 2. The molecule has 7 nitrogen and oxygen atoms in total. The van der Waals surface area contributed by atoms with Crippen molar-refractivity contribution >= 4 is 45.5 Å². The lowest BCUT2D eigenvalue weighted by Gasteiger charge is -2.23. The van der Waals surface area contributed by atoms with Crippen molar-refractivity contribution in [3.05, 3.63) is 75.7 Å². The summed E-state index contributed by atoms with van der Waals surface area (Å²) in [7, 11) is 0. The lowest BCUT2D eigenvalue weighted by molar-refractivity contribution is 0.260. The van der Waals surface area contributed by atoms with Crippen molar-refractivity contribution < 1.29 is 1.37 Å². The van der Waals surface area contributed by atoms with Crippen LogP contribution >= 0.6 is 23.2 Å². The monoisotopic (exact) mass is 522 g/mol. The average Bonchev–Trinajstić information content (AvgIpc) is 3.58. The van der Waals surface area contributed by atoms with Gasteiger partial charge < -0.3 is 16.1 Å². The van der Waals surface area contributed by atoms with Crippen LogP contribution in [-0.2, 0) is 0 Å². The Morgan fingerprint density at radius 1 is 1.25 bits per heavy atom. The van der Waals surface area contributed by atoms with Crippen molar-refractivity contribution in [2.45, 2.75) is 45.7 Å². The second-order valence-electron chi connectivity index (χ2n) is 10.4. The minimum Gasteiger partial charge on any atom is -0.383 e. The van der Waals surface area contributed by atoms with Gasteiger partial charge in [-0.1, -0.05) is 56.1 Å². The van der Waals surface area contributed by atoms with E-state index in [1.807, 2.05) is 29.4 Å². The summed E-state index contributed by atoms with van der Waals surface area (Å²) in [5.74, 6) is 0. The first-order valence-corrected chi connectivity index (χ1v) is 12.7. The Morgan fingerprint density at radius 3 is 2.67 bits per heavy atom. The van der Waals surface area contributed by atoms with E-state index in [0.717, 1.165) is 12.8 Å². The number of rotatable bonds is 7. The third kappa shape index (κ3) is 5.31. The smallest absolute Gasteiger partial charge is 0.103 e. The number of anilines is 2. The first-order valence-electron chi connectivity index (χ1n) is 12.4. The predicted octanol–water partition coefficient (Wildman–Crippen LogP) is 6.35. The molecule has 2 aliphatic rings. The first kappa shape index (κ1) is 23.2. The molecule has 0 amide bonds. The summed E-state index contributed by atoms with van der Waals surface area (Å²) in [6, 6.07) is 12.1. The van der Waals surface area contributed by atoms with E-state index in [2.05, 4.69) is 53.4 Å². The van der Waals surface area contributed by atoms with Gasteiger partial charge in [0.25, 0.3) is 0 Å². The van der Waals surface area contributed by atoms with Gasteiger partial charge >= 0.3 is 0 Å². The van der Waals surface area contributed by atoms with Crippen molar-refractivity contribution in [2.75, 3.05) is 17.2 Å². The molecule has 1 fully saturated rings. The number of hydrogen-bond acceptors (Lipinski definition) is 7. The number of pyridine rings is 1. The number of halogens is 2. The van der Waals surface area contributed by atoms with Crippen LogP contribution in [-0.4, -0.2) is 22.6 Å². The quantitative estimate of drug-likeness (QED) is 0.287. The van der Waals surface area contributed by atoms with Crippen molar-refractivity contribution in [3.8, 4) is 6.07 Å².